The molecule has 1 fully saturated rings. The Balaban J connectivity index is 1.51. The topological polar surface area (TPSA) is 68.6 Å². The summed E-state index contributed by atoms with van der Waals surface area (Å²) in [7, 11) is 0. The van der Waals surface area contributed by atoms with E-state index in [1.807, 2.05) is 6.07 Å². The van der Waals surface area contributed by atoms with Crippen molar-refractivity contribution in [2.45, 2.75) is 31.7 Å². The van der Waals surface area contributed by atoms with Crippen LogP contribution in [0.15, 0.2) is 59.6 Å². The predicted octanol–water partition coefficient (Wildman–Crippen LogP) is 3.95. The molecule has 0 bridgehead atoms. The van der Waals surface area contributed by atoms with E-state index in [0.717, 1.165) is 51.7 Å². The van der Waals surface area contributed by atoms with E-state index < -0.39 is 0 Å². The molecule has 1 aliphatic rings. The van der Waals surface area contributed by atoms with Crippen LogP contribution < -0.4 is 5.32 Å². The third kappa shape index (κ3) is 6.59. The zero-order valence-corrected chi connectivity index (χ0v) is 17.1. The number of piperidine rings is 1. The number of aryl methyl sites for hydroxylation is 1. The Morgan fingerprint density at radius 2 is 1.87 bits per heavy atom. The molecule has 5 nitrogen and oxygen atoms in total. The zero-order chi connectivity index (χ0) is 21.2. The molecule has 2 N–H and O–H groups in total. The molecular weight excluding hydrogens is 379 g/mol. The zero-order valence-electron chi connectivity index (χ0n) is 17.1. The van der Waals surface area contributed by atoms with Crippen molar-refractivity contribution in [2.75, 3.05) is 19.6 Å². The highest BCUT2D eigenvalue weighted by atomic mass is 19.1. The van der Waals surface area contributed by atoms with Gasteiger partial charge in [-0.3, -0.25) is 10.2 Å². The summed E-state index contributed by atoms with van der Waals surface area (Å²) in [6.45, 7) is 2.60. The molecule has 6 heteroatoms. The molecule has 0 spiro atoms. The first kappa shape index (κ1) is 21.8. The molecule has 1 aliphatic heterocycles. The minimum absolute atomic E-state index is 0.00177. The summed E-state index contributed by atoms with van der Waals surface area (Å²) < 4.78 is 13.1. The summed E-state index contributed by atoms with van der Waals surface area (Å²) >= 11 is 0. The third-order valence-corrected chi connectivity index (χ3v) is 5.65. The van der Waals surface area contributed by atoms with Gasteiger partial charge in [-0.05, 0) is 68.6 Å². The summed E-state index contributed by atoms with van der Waals surface area (Å²) in [6.07, 6.45) is 6.17. The maximum Gasteiger partial charge on any atom is 0.166 e. The van der Waals surface area contributed by atoms with Crippen LogP contribution in [0.1, 0.15) is 35.2 Å². The number of carbonyl (C=O) groups excluding carboxylic acids is 1. The van der Waals surface area contributed by atoms with Crippen molar-refractivity contribution in [3.05, 3.63) is 71.5 Å². The average Bonchev–Trinajstić information content (AvgIpc) is 2.79. The van der Waals surface area contributed by atoms with Crippen LogP contribution in [0.2, 0.25) is 0 Å². The summed E-state index contributed by atoms with van der Waals surface area (Å²) in [5.41, 5.74) is 1.90. The van der Waals surface area contributed by atoms with Gasteiger partial charge in [-0.2, -0.15) is 0 Å². The molecule has 0 radical (unpaired) electrons. The first-order valence-electron chi connectivity index (χ1n) is 10.5. The highest BCUT2D eigenvalue weighted by molar-refractivity contribution is 5.97. The number of rotatable bonds is 10. The Morgan fingerprint density at radius 3 is 2.53 bits per heavy atom. The molecular formula is C24H29FN4O. The Morgan fingerprint density at radius 1 is 1.17 bits per heavy atom. The number of carbonyl (C=O) groups is 1. The Labute approximate surface area is 177 Å². The van der Waals surface area contributed by atoms with Crippen molar-refractivity contribution < 1.29 is 9.18 Å². The quantitative estimate of drug-likeness (QED) is 0.355. The number of benzene rings is 2. The number of hydrogen-bond acceptors (Lipinski definition) is 3. The number of nitrogens with zero attached hydrogens (tertiary/aromatic N) is 2. The van der Waals surface area contributed by atoms with Crippen molar-refractivity contribution >= 4 is 18.5 Å². The third-order valence-electron chi connectivity index (χ3n) is 5.65. The standard InChI is InChI=1S/C24H29FN4O/c25-22-9-7-20(8-10-22)24(30)21-12-14-29(15-13-21)16-23(28-18-27-17-26)11-6-19-4-2-1-3-5-19/h1-5,7-10,17-18,21,23H,6,11-16H2,(H2,26,27,28). The number of hydrogen-bond donors (Lipinski definition) is 2. The van der Waals surface area contributed by atoms with Crippen LogP contribution in [-0.4, -0.2) is 49.0 Å². The fourth-order valence-electron chi connectivity index (χ4n) is 3.94. The molecule has 2 aromatic carbocycles. The lowest BCUT2D eigenvalue weighted by Crippen LogP contribution is -2.45. The van der Waals surface area contributed by atoms with Gasteiger partial charge in [0.15, 0.2) is 5.78 Å². The van der Waals surface area contributed by atoms with Crippen molar-refractivity contribution in [1.82, 2.24) is 10.2 Å². The van der Waals surface area contributed by atoms with E-state index in [1.165, 1.54) is 17.7 Å². The van der Waals surface area contributed by atoms with Crippen LogP contribution in [0.25, 0.3) is 0 Å². The van der Waals surface area contributed by atoms with Gasteiger partial charge in [-0.1, -0.05) is 30.3 Å². The second-order valence-corrected chi connectivity index (χ2v) is 7.74. The highest BCUT2D eigenvalue weighted by Gasteiger charge is 2.26. The van der Waals surface area contributed by atoms with Crippen LogP contribution >= 0.6 is 0 Å². The van der Waals surface area contributed by atoms with Gasteiger partial charge in [0.25, 0.3) is 0 Å². The Hall–Kier alpha value is -2.86. The predicted molar refractivity (Wildman–Crippen MR) is 119 cm³/mol. The maximum atomic E-state index is 13.1. The van der Waals surface area contributed by atoms with Crippen molar-refractivity contribution in [2.24, 2.45) is 10.9 Å². The van der Waals surface area contributed by atoms with E-state index in [0.29, 0.717) is 5.56 Å². The minimum atomic E-state index is -0.318. The second kappa shape index (κ2) is 11.4. The van der Waals surface area contributed by atoms with E-state index in [1.54, 1.807) is 18.5 Å². The molecule has 30 heavy (non-hydrogen) atoms. The van der Waals surface area contributed by atoms with E-state index >= 15 is 0 Å². The van der Waals surface area contributed by atoms with E-state index in [-0.39, 0.29) is 23.6 Å². The fraction of sp³-hybridized carbons (Fsp3) is 0.375. The van der Waals surface area contributed by atoms with Crippen molar-refractivity contribution in [1.29, 1.82) is 5.41 Å². The van der Waals surface area contributed by atoms with Gasteiger partial charge >= 0.3 is 0 Å². The molecule has 2 aromatic rings. The summed E-state index contributed by atoms with van der Waals surface area (Å²) in [4.78, 5) is 18.9. The minimum Gasteiger partial charge on any atom is -0.372 e. The number of ketones is 1. The number of nitrogens with one attached hydrogen (secondary N) is 2. The first-order chi connectivity index (χ1) is 14.7. The number of halogens is 1. The average molecular weight is 409 g/mol. The molecule has 158 valence electrons. The molecule has 1 atom stereocenters. The lowest BCUT2D eigenvalue weighted by atomic mass is 9.88. The van der Waals surface area contributed by atoms with Crippen molar-refractivity contribution in [3.63, 3.8) is 0 Å². The van der Waals surface area contributed by atoms with Gasteiger partial charge in [-0.15, -0.1) is 0 Å². The van der Waals surface area contributed by atoms with Crippen LogP contribution in [0.4, 0.5) is 4.39 Å². The first-order valence-corrected chi connectivity index (χ1v) is 10.5. The van der Waals surface area contributed by atoms with Crippen LogP contribution in [0.5, 0.6) is 0 Å². The molecule has 0 saturated carbocycles. The Bertz CT molecular complexity index is 830. The van der Waals surface area contributed by atoms with E-state index in [9.17, 15) is 9.18 Å². The number of Topliss-reactive ketones (excluding diaryl/α,β-unsaturated/α-hetero) is 1. The van der Waals surface area contributed by atoms with Gasteiger partial charge in [0, 0.05) is 24.1 Å². The largest absolute Gasteiger partial charge is 0.372 e. The fourth-order valence-corrected chi connectivity index (χ4v) is 3.94. The highest BCUT2D eigenvalue weighted by Crippen LogP contribution is 2.22. The van der Waals surface area contributed by atoms with Gasteiger partial charge in [0.1, 0.15) is 12.2 Å². The molecule has 1 saturated heterocycles. The second-order valence-electron chi connectivity index (χ2n) is 7.74. The SMILES string of the molecule is N=C/N=C\NC(CCc1ccccc1)CN1CCC(C(=O)c2ccc(F)cc2)CC1. The normalized spacial score (nSPS) is 16.4. The molecule has 0 amide bonds. The maximum absolute atomic E-state index is 13.1. The van der Waals surface area contributed by atoms with Crippen molar-refractivity contribution in [3.8, 4) is 0 Å². The van der Waals surface area contributed by atoms with Crippen LogP contribution in [0, 0.1) is 17.1 Å². The Kier molecular flexibility index (Phi) is 8.27. The van der Waals surface area contributed by atoms with Gasteiger partial charge in [-0.25, -0.2) is 9.38 Å². The molecule has 1 unspecified atom stereocenters. The number of aliphatic imine (C=N–C) groups is 1. The van der Waals surface area contributed by atoms with E-state index in [4.69, 9.17) is 5.41 Å². The smallest absolute Gasteiger partial charge is 0.166 e. The number of likely N-dealkylation sites (tertiary alicyclic amines) is 1. The summed E-state index contributed by atoms with van der Waals surface area (Å²) in [5.74, 6) is -0.199. The van der Waals surface area contributed by atoms with Gasteiger partial charge in [0.2, 0.25) is 0 Å². The molecule has 0 aromatic heterocycles. The monoisotopic (exact) mass is 408 g/mol. The van der Waals surface area contributed by atoms with Gasteiger partial charge in [0.05, 0.1) is 6.34 Å². The summed E-state index contributed by atoms with van der Waals surface area (Å²) in [5, 5.41) is 10.4. The van der Waals surface area contributed by atoms with E-state index in [2.05, 4.69) is 39.5 Å². The molecule has 1 heterocycles. The van der Waals surface area contributed by atoms with Crippen LogP contribution in [-0.2, 0) is 6.42 Å². The lowest BCUT2D eigenvalue weighted by molar-refractivity contribution is 0.0833. The van der Waals surface area contributed by atoms with Gasteiger partial charge < -0.3 is 10.2 Å². The lowest BCUT2D eigenvalue weighted by Gasteiger charge is -2.34. The van der Waals surface area contributed by atoms with Crippen LogP contribution in [0.3, 0.4) is 0 Å². The molecule has 3 rings (SSSR count). The summed E-state index contributed by atoms with van der Waals surface area (Å²) in [6, 6.07) is 16.5. The molecule has 0 aliphatic carbocycles.